The molecule has 1 amide bonds. The quantitative estimate of drug-likeness (QED) is 0.181. The van der Waals surface area contributed by atoms with Gasteiger partial charge in [0.15, 0.2) is 6.17 Å². The van der Waals surface area contributed by atoms with Crippen LogP contribution >= 0.6 is 0 Å². The number of quaternary nitrogens is 1. The van der Waals surface area contributed by atoms with Crippen LogP contribution in [0.15, 0.2) is 25.1 Å². The fraction of sp³-hybridized carbons (Fsp3) is 0.792. The summed E-state index contributed by atoms with van der Waals surface area (Å²) < 4.78 is 0.951. The molecule has 28 heavy (non-hydrogen) atoms. The highest BCUT2D eigenvalue weighted by atomic mass is 16.1. The van der Waals surface area contributed by atoms with Crippen LogP contribution in [0.25, 0.3) is 0 Å². The Kier molecular flexibility index (Phi) is 13.8. The number of allylic oxidation sites excluding steroid dienone is 1. The summed E-state index contributed by atoms with van der Waals surface area (Å²) in [5, 5.41) is 6.50. The van der Waals surface area contributed by atoms with E-state index in [4.69, 9.17) is 0 Å². The third kappa shape index (κ3) is 10.3. The Morgan fingerprint density at radius 3 is 2.14 bits per heavy atom. The number of unbranched alkanes of at least 4 members (excludes halogenated alkanes) is 11. The van der Waals surface area contributed by atoms with Crippen LogP contribution in [0.5, 0.6) is 0 Å². The first-order valence-electron chi connectivity index (χ1n) is 11.8. The SMILES string of the molecule is C=CCCCCCCCCCCCCCC1NC=C[N+]1(CC)CCNC(C)=O. The molecule has 1 rings (SSSR count). The van der Waals surface area contributed by atoms with Crippen molar-refractivity contribution in [3.8, 4) is 0 Å². The molecule has 2 unspecified atom stereocenters. The molecule has 1 heterocycles. The van der Waals surface area contributed by atoms with Gasteiger partial charge in [-0.1, -0.05) is 63.9 Å². The lowest BCUT2D eigenvalue weighted by Gasteiger charge is -2.37. The van der Waals surface area contributed by atoms with E-state index in [-0.39, 0.29) is 5.91 Å². The average molecular weight is 393 g/mol. The van der Waals surface area contributed by atoms with Gasteiger partial charge in [0.05, 0.1) is 19.3 Å². The maximum Gasteiger partial charge on any atom is 0.217 e. The molecule has 0 aliphatic carbocycles. The Bertz CT molecular complexity index is 449. The van der Waals surface area contributed by atoms with E-state index in [1.165, 1.54) is 83.5 Å². The predicted octanol–water partition coefficient (Wildman–Crippen LogP) is 5.62. The van der Waals surface area contributed by atoms with E-state index < -0.39 is 0 Å². The fourth-order valence-corrected chi connectivity index (χ4v) is 4.27. The van der Waals surface area contributed by atoms with E-state index in [1.807, 2.05) is 6.08 Å². The average Bonchev–Trinajstić information content (AvgIpc) is 3.08. The summed E-state index contributed by atoms with van der Waals surface area (Å²) >= 11 is 0. The molecule has 0 saturated carbocycles. The fourth-order valence-electron chi connectivity index (χ4n) is 4.27. The molecule has 4 nitrogen and oxygen atoms in total. The van der Waals surface area contributed by atoms with Gasteiger partial charge in [-0.05, 0) is 26.2 Å². The molecule has 0 aromatic rings. The Morgan fingerprint density at radius 1 is 1.04 bits per heavy atom. The molecule has 0 radical (unpaired) electrons. The highest BCUT2D eigenvalue weighted by Crippen LogP contribution is 2.23. The first-order valence-corrected chi connectivity index (χ1v) is 11.8. The highest BCUT2D eigenvalue weighted by Gasteiger charge is 2.36. The third-order valence-corrected chi connectivity index (χ3v) is 6.16. The Morgan fingerprint density at radius 2 is 1.61 bits per heavy atom. The lowest BCUT2D eigenvalue weighted by molar-refractivity contribution is -0.898. The Labute approximate surface area is 174 Å². The number of rotatable bonds is 18. The molecular weight excluding hydrogens is 346 g/mol. The van der Waals surface area contributed by atoms with Gasteiger partial charge in [-0.2, -0.15) is 0 Å². The van der Waals surface area contributed by atoms with E-state index >= 15 is 0 Å². The van der Waals surface area contributed by atoms with Crippen molar-refractivity contribution in [1.29, 1.82) is 0 Å². The number of hydrogen-bond donors (Lipinski definition) is 2. The number of carbonyl (C=O) groups excluding carboxylic acids is 1. The summed E-state index contributed by atoms with van der Waals surface area (Å²) in [5.41, 5.74) is 0. The maximum absolute atomic E-state index is 11.1. The Hall–Kier alpha value is -1.29. The number of amides is 1. The zero-order chi connectivity index (χ0) is 20.5. The summed E-state index contributed by atoms with van der Waals surface area (Å²) in [7, 11) is 0. The molecule has 2 atom stereocenters. The van der Waals surface area contributed by atoms with Gasteiger partial charge in [0, 0.05) is 13.3 Å². The van der Waals surface area contributed by atoms with Gasteiger partial charge < -0.3 is 10.6 Å². The second kappa shape index (κ2) is 15.6. The zero-order valence-electron chi connectivity index (χ0n) is 18.7. The van der Waals surface area contributed by atoms with Crippen molar-refractivity contribution in [3.63, 3.8) is 0 Å². The number of nitrogens with zero attached hydrogens (tertiary/aromatic N) is 1. The summed E-state index contributed by atoms with van der Waals surface area (Å²) in [6.45, 7) is 10.4. The summed E-state index contributed by atoms with van der Waals surface area (Å²) in [4.78, 5) is 11.1. The van der Waals surface area contributed by atoms with Crippen LogP contribution in [0.1, 0.15) is 97.3 Å². The van der Waals surface area contributed by atoms with Crippen LogP contribution in [0.3, 0.4) is 0 Å². The van der Waals surface area contributed by atoms with Gasteiger partial charge in [0.1, 0.15) is 12.7 Å². The topological polar surface area (TPSA) is 41.1 Å². The monoisotopic (exact) mass is 392 g/mol. The van der Waals surface area contributed by atoms with Crippen molar-refractivity contribution >= 4 is 5.91 Å². The number of carbonyl (C=O) groups is 1. The molecule has 4 heteroatoms. The standard InChI is InChI=1S/C24H45N3O/c1-4-6-7-8-9-10-11-12-13-14-15-16-17-18-24-26-20-22-27(24,5-2)21-19-25-23(3)28/h4,20,22,24,26H,1,5-19,21H2,2-3H3/p+1. The molecule has 0 aromatic carbocycles. The van der Waals surface area contributed by atoms with Crippen molar-refractivity contribution in [2.45, 2.75) is 103 Å². The molecule has 0 fully saturated rings. The lowest BCUT2D eigenvalue weighted by atomic mass is 10.0. The van der Waals surface area contributed by atoms with Crippen LogP contribution in [-0.4, -0.2) is 36.2 Å². The highest BCUT2D eigenvalue weighted by molar-refractivity contribution is 5.72. The van der Waals surface area contributed by atoms with Crippen LogP contribution in [0.2, 0.25) is 0 Å². The van der Waals surface area contributed by atoms with E-state index in [0.717, 1.165) is 24.1 Å². The second-order valence-corrected chi connectivity index (χ2v) is 8.38. The summed E-state index contributed by atoms with van der Waals surface area (Å²) in [5.74, 6) is 0.0645. The first kappa shape index (κ1) is 24.7. The third-order valence-electron chi connectivity index (χ3n) is 6.16. The normalized spacial score (nSPS) is 20.9. The summed E-state index contributed by atoms with van der Waals surface area (Å²) in [6, 6.07) is 0. The van der Waals surface area contributed by atoms with Crippen LogP contribution in [-0.2, 0) is 4.79 Å². The number of nitrogens with one attached hydrogen (secondary N) is 2. The number of likely N-dealkylation sites (N-methyl/N-ethyl adjacent to an activating group) is 1. The van der Waals surface area contributed by atoms with Gasteiger partial charge in [-0.15, -0.1) is 6.58 Å². The lowest BCUT2D eigenvalue weighted by Crippen LogP contribution is -2.55. The van der Waals surface area contributed by atoms with Crippen molar-refractivity contribution < 1.29 is 9.28 Å². The van der Waals surface area contributed by atoms with Crippen LogP contribution in [0.4, 0.5) is 0 Å². The molecule has 0 aromatic heterocycles. The molecule has 0 spiro atoms. The number of hydrogen-bond acceptors (Lipinski definition) is 2. The molecule has 1 aliphatic heterocycles. The summed E-state index contributed by atoms with van der Waals surface area (Å²) in [6.07, 6.45) is 24.4. The van der Waals surface area contributed by atoms with Crippen LogP contribution in [0, 0.1) is 0 Å². The van der Waals surface area contributed by atoms with Gasteiger partial charge in [0.2, 0.25) is 5.91 Å². The zero-order valence-corrected chi connectivity index (χ0v) is 18.7. The van der Waals surface area contributed by atoms with E-state index in [0.29, 0.717) is 6.17 Å². The molecule has 0 bridgehead atoms. The van der Waals surface area contributed by atoms with Gasteiger partial charge in [-0.25, -0.2) is 0 Å². The van der Waals surface area contributed by atoms with Crippen molar-refractivity contribution in [1.82, 2.24) is 10.6 Å². The molecule has 1 aliphatic rings. The van der Waals surface area contributed by atoms with Gasteiger partial charge in [-0.3, -0.25) is 9.28 Å². The largest absolute Gasteiger partial charge is 0.351 e. The minimum absolute atomic E-state index is 0.0645. The minimum Gasteiger partial charge on any atom is -0.351 e. The first-order chi connectivity index (χ1) is 13.6. The molecule has 162 valence electrons. The molecular formula is C24H46N3O+. The molecule has 2 N–H and O–H groups in total. The van der Waals surface area contributed by atoms with E-state index in [9.17, 15) is 4.79 Å². The predicted molar refractivity (Wildman–Crippen MR) is 121 cm³/mol. The maximum atomic E-state index is 11.1. The second-order valence-electron chi connectivity index (χ2n) is 8.38. The van der Waals surface area contributed by atoms with E-state index in [1.54, 1.807) is 6.92 Å². The Balaban J connectivity index is 2.02. The van der Waals surface area contributed by atoms with Crippen LogP contribution < -0.4 is 10.6 Å². The smallest absolute Gasteiger partial charge is 0.217 e. The van der Waals surface area contributed by atoms with Crippen molar-refractivity contribution in [2.75, 3.05) is 19.6 Å². The van der Waals surface area contributed by atoms with Gasteiger partial charge >= 0.3 is 0 Å². The van der Waals surface area contributed by atoms with E-state index in [2.05, 4.69) is 36.5 Å². The minimum atomic E-state index is 0.0645. The van der Waals surface area contributed by atoms with Gasteiger partial charge in [0.25, 0.3) is 0 Å². The molecule has 0 saturated heterocycles. The van der Waals surface area contributed by atoms with Crippen molar-refractivity contribution in [2.24, 2.45) is 0 Å². The van der Waals surface area contributed by atoms with Crippen molar-refractivity contribution in [3.05, 3.63) is 25.1 Å².